The molecule has 0 fully saturated rings. The average Bonchev–Trinajstić information content (AvgIpc) is 2.51. The van der Waals surface area contributed by atoms with Crippen molar-refractivity contribution in [1.29, 1.82) is 0 Å². The number of nitrogens with zero attached hydrogens (tertiary/aromatic N) is 1. The Hall–Kier alpha value is -1.24. The topological polar surface area (TPSA) is 79.3 Å². The molecule has 0 saturated heterocycles. The van der Waals surface area contributed by atoms with E-state index in [1.165, 1.54) is 11.1 Å². The van der Waals surface area contributed by atoms with Crippen molar-refractivity contribution in [3.63, 3.8) is 0 Å². The maximum atomic E-state index is 5.78. The molecule has 2 aromatic rings. The second kappa shape index (κ2) is 15.7. The predicted molar refractivity (Wildman–Crippen MR) is 135 cm³/mol. The van der Waals surface area contributed by atoms with Crippen molar-refractivity contribution in [2.45, 2.75) is 13.8 Å². The lowest BCUT2D eigenvalue weighted by atomic mass is 10.2. The molecule has 0 saturated carbocycles. The third-order valence-corrected chi connectivity index (χ3v) is 4.12. The summed E-state index contributed by atoms with van der Waals surface area (Å²) in [7, 11) is 2.13. The van der Waals surface area contributed by atoms with Crippen molar-refractivity contribution in [1.82, 2.24) is 4.90 Å². The third-order valence-electron chi connectivity index (χ3n) is 4.12. The number of benzene rings is 2. The molecule has 2 rings (SSSR count). The second-order valence-electron chi connectivity index (χ2n) is 6.31. The molecule has 0 radical (unpaired) electrons. The Morgan fingerprint density at radius 2 is 1.07 bits per heavy atom. The number of hydrogen-bond donors (Lipinski definition) is 4. The summed E-state index contributed by atoms with van der Waals surface area (Å²) < 4.78 is 0. The normalized spacial score (nSPS) is 9.29. The Labute approximate surface area is 193 Å². The van der Waals surface area contributed by atoms with Crippen LogP contribution >= 0.6 is 49.6 Å². The monoisotopic (exact) mass is 471 g/mol. The minimum absolute atomic E-state index is 0. The summed E-state index contributed by atoms with van der Waals surface area (Å²) in [4.78, 5) is 2.30. The molecule has 9 heteroatoms. The van der Waals surface area contributed by atoms with Crippen LogP contribution in [0.4, 0.5) is 22.7 Å². The Balaban J connectivity index is -0.00000156. The van der Waals surface area contributed by atoms with Gasteiger partial charge >= 0.3 is 0 Å². The van der Waals surface area contributed by atoms with Crippen molar-refractivity contribution in [3.05, 3.63) is 47.5 Å². The fraction of sp³-hybridized carbons (Fsp3) is 0.368. The van der Waals surface area contributed by atoms with Gasteiger partial charge in [0.1, 0.15) is 0 Å². The van der Waals surface area contributed by atoms with Gasteiger partial charge < -0.3 is 27.0 Å². The van der Waals surface area contributed by atoms with Crippen LogP contribution in [0.25, 0.3) is 0 Å². The van der Waals surface area contributed by atoms with Crippen LogP contribution in [-0.4, -0.2) is 38.1 Å². The van der Waals surface area contributed by atoms with Crippen molar-refractivity contribution < 1.29 is 0 Å². The van der Waals surface area contributed by atoms with Crippen LogP contribution in [0.5, 0.6) is 0 Å². The number of nitrogens with one attached hydrogen (secondary N) is 2. The summed E-state index contributed by atoms with van der Waals surface area (Å²) in [6.07, 6.45) is 0. The summed E-state index contributed by atoms with van der Waals surface area (Å²) >= 11 is 0. The summed E-state index contributed by atoms with van der Waals surface area (Å²) in [5.74, 6) is 0. The van der Waals surface area contributed by atoms with Gasteiger partial charge in [-0.05, 0) is 68.4 Å². The maximum absolute atomic E-state index is 5.78. The van der Waals surface area contributed by atoms with Crippen LogP contribution in [0.15, 0.2) is 36.4 Å². The number of anilines is 4. The van der Waals surface area contributed by atoms with E-state index in [1.54, 1.807) is 0 Å². The Kier molecular flexibility index (Phi) is 17.6. The van der Waals surface area contributed by atoms with Gasteiger partial charge in [-0.25, -0.2) is 0 Å². The molecule has 0 aromatic heterocycles. The van der Waals surface area contributed by atoms with Gasteiger partial charge in [-0.15, -0.1) is 49.6 Å². The van der Waals surface area contributed by atoms with Gasteiger partial charge in [0.05, 0.1) is 0 Å². The largest absolute Gasteiger partial charge is 0.399 e. The Morgan fingerprint density at radius 1 is 0.714 bits per heavy atom. The maximum Gasteiger partial charge on any atom is 0.0371 e. The molecule has 162 valence electrons. The molecule has 0 bridgehead atoms. The van der Waals surface area contributed by atoms with E-state index in [9.17, 15) is 0 Å². The van der Waals surface area contributed by atoms with Crippen LogP contribution in [0.3, 0.4) is 0 Å². The predicted octanol–water partition coefficient (Wildman–Crippen LogP) is 4.61. The minimum Gasteiger partial charge on any atom is -0.399 e. The summed E-state index contributed by atoms with van der Waals surface area (Å²) in [6.45, 7) is 7.91. The van der Waals surface area contributed by atoms with Gasteiger partial charge in [-0.1, -0.05) is 0 Å². The van der Waals surface area contributed by atoms with E-state index >= 15 is 0 Å². The fourth-order valence-corrected chi connectivity index (χ4v) is 2.65. The number of nitrogen functional groups attached to an aromatic ring is 2. The first kappa shape index (κ1) is 31.5. The molecular formula is C19H33Cl4N5. The van der Waals surface area contributed by atoms with Gasteiger partial charge in [0.2, 0.25) is 0 Å². The van der Waals surface area contributed by atoms with Crippen molar-refractivity contribution in [2.75, 3.05) is 55.3 Å². The zero-order valence-electron chi connectivity index (χ0n) is 16.5. The lowest BCUT2D eigenvalue weighted by molar-refractivity contribution is 0.361. The zero-order valence-corrected chi connectivity index (χ0v) is 19.8. The molecular weight excluding hydrogens is 440 g/mol. The summed E-state index contributed by atoms with van der Waals surface area (Å²) in [5.41, 5.74) is 17.8. The van der Waals surface area contributed by atoms with Crippen molar-refractivity contribution in [2.24, 2.45) is 0 Å². The van der Waals surface area contributed by atoms with Gasteiger partial charge in [0.15, 0.2) is 0 Å². The van der Waals surface area contributed by atoms with E-state index in [2.05, 4.69) is 36.4 Å². The first-order chi connectivity index (χ1) is 11.5. The highest BCUT2D eigenvalue weighted by molar-refractivity contribution is 5.86. The number of nitrogens with two attached hydrogens (primary N) is 2. The fourth-order valence-electron chi connectivity index (χ4n) is 2.65. The number of aryl methyl sites for hydroxylation is 2. The highest BCUT2D eigenvalue weighted by atomic mass is 35.5. The van der Waals surface area contributed by atoms with E-state index in [4.69, 9.17) is 11.5 Å². The second-order valence-corrected chi connectivity index (χ2v) is 6.31. The molecule has 28 heavy (non-hydrogen) atoms. The van der Waals surface area contributed by atoms with Gasteiger partial charge in [0.25, 0.3) is 0 Å². The van der Waals surface area contributed by atoms with Crippen molar-refractivity contribution >= 4 is 72.4 Å². The molecule has 2 aromatic carbocycles. The number of halogens is 4. The smallest absolute Gasteiger partial charge is 0.0371 e. The highest BCUT2D eigenvalue weighted by Gasteiger charge is 2.02. The van der Waals surface area contributed by atoms with E-state index in [0.29, 0.717) is 0 Å². The Morgan fingerprint density at radius 3 is 1.39 bits per heavy atom. The van der Waals surface area contributed by atoms with Gasteiger partial charge in [-0.3, -0.25) is 0 Å². The lowest BCUT2D eigenvalue weighted by Crippen LogP contribution is -2.30. The molecule has 0 unspecified atom stereocenters. The first-order valence-corrected chi connectivity index (χ1v) is 8.34. The number of rotatable bonds is 8. The third kappa shape index (κ3) is 10.3. The van der Waals surface area contributed by atoms with E-state index in [0.717, 1.165) is 48.9 Å². The summed E-state index contributed by atoms with van der Waals surface area (Å²) in [5, 5.41) is 6.93. The molecule has 0 atom stereocenters. The zero-order chi connectivity index (χ0) is 17.5. The summed E-state index contributed by atoms with van der Waals surface area (Å²) in [6, 6.07) is 11.9. The molecule has 0 aliphatic carbocycles. The molecule has 0 aliphatic rings. The quantitative estimate of drug-likeness (QED) is 0.422. The highest BCUT2D eigenvalue weighted by Crippen LogP contribution is 2.18. The Bertz CT molecular complexity index is 628. The standard InChI is InChI=1S/C19H29N5.4ClH/c1-14-12-16(20)4-6-18(14)22-8-10-24(3)11-9-23-19-7-5-17(21)13-15(19)2;;;;/h4-7,12-13,22-23H,8-11,20-21H2,1-3H3;4*1H. The van der Waals surface area contributed by atoms with Crippen LogP contribution in [0.1, 0.15) is 11.1 Å². The lowest BCUT2D eigenvalue weighted by Gasteiger charge is -2.19. The first-order valence-electron chi connectivity index (χ1n) is 8.34. The molecule has 0 spiro atoms. The van der Waals surface area contributed by atoms with Crippen molar-refractivity contribution in [3.8, 4) is 0 Å². The molecule has 0 amide bonds. The van der Waals surface area contributed by atoms with Crippen LogP contribution < -0.4 is 22.1 Å². The van der Waals surface area contributed by atoms with Crippen LogP contribution in [-0.2, 0) is 0 Å². The van der Waals surface area contributed by atoms with Crippen LogP contribution in [0.2, 0.25) is 0 Å². The number of likely N-dealkylation sites (N-methyl/N-ethyl adjacent to an activating group) is 1. The average molecular weight is 473 g/mol. The molecule has 5 nitrogen and oxygen atoms in total. The van der Waals surface area contributed by atoms with E-state index in [1.807, 2.05) is 36.4 Å². The van der Waals surface area contributed by atoms with E-state index in [-0.39, 0.29) is 49.6 Å². The van der Waals surface area contributed by atoms with Crippen LogP contribution in [0, 0.1) is 13.8 Å². The molecule has 0 heterocycles. The number of hydrogen-bond acceptors (Lipinski definition) is 5. The molecule has 6 N–H and O–H groups in total. The van der Waals surface area contributed by atoms with Gasteiger partial charge in [-0.2, -0.15) is 0 Å². The minimum atomic E-state index is 0. The molecule has 0 aliphatic heterocycles. The van der Waals surface area contributed by atoms with Gasteiger partial charge in [0, 0.05) is 48.9 Å². The SMILES string of the molecule is Cc1cc(N)ccc1NCCN(C)CCNc1ccc(N)cc1C.Cl.Cl.Cl.Cl. The van der Waals surface area contributed by atoms with E-state index < -0.39 is 0 Å².